The maximum atomic E-state index is 5.93. The van der Waals surface area contributed by atoms with E-state index in [1.165, 1.54) is 99.3 Å². The van der Waals surface area contributed by atoms with Crippen LogP contribution in [0.25, 0.3) is 11.1 Å². The molecule has 2 aliphatic heterocycles. The average Bonchev–Trinajstić information content (AvgIpc) is 3.70. The molecule has 0 saturated carbocycles. The van der Waals surface area contributed by atoms with Gasteiger partial charge in [-0.05, 0) is 46.0 Å². The fourth-order valence-corrected chi connectivity index (χ4v) is 6.65. The van der Waals surface area contributed by atoms with Crippen molar-refractivity contribution in [3.05, 3.63) is 47.5 Å². The van der Waals surface area contributed by atoms with Crippen LogP contribution < -0.4 is 10.9 Å². The topological polar surface area (TPSA) is 36.9 Å². The van der Waals surface area contributed by atoms with Crippen LogP contribution in [0.3, 0.4) is 0 Å². The third-order valence-corrected chi connectivity index (χ3v) is 8.61. The summed E-state index contributed by atoms with van der Waals surface area (Å²) in [6.45, 7) is 7.29. The van der Waals surface area contributed by atoms with Gasteiger partial charge in [0.15, 0.2) is 0 Å². The number of benzene rings is 2. The molecule has 4 nitrogen and oxygen atoms in total. The molecular weight excluding hydrogens is 458 g/mol. The lowest BCUT2D eigenvalue weighted by Gasteiger charge is -2.33. The molecule has 37 heavy (non-hydrogen) atoms. The van der Waals surface area contributed by atoms with Crippen LogP contribution in [0.2, 0.25) is 0 Å². The van der Waals surface area contributed by atoms with E-state index in [0.717, 1.165) is 10.9 Å². The maximum absolute atomic E-state index is 5.93. The normalized spacial score (nSPS) is 18.0. The second-order valence-electron chi connectivity index (χ2n) is 11.2. The molecule has 0 atom stereocenters. The molecule has 5 rings (SSSR count). The van der Waals surface area contributed by atoms with Crippen molar-refractivity contribution in [3.8, 4) is 11.1 Å². The number of unbranched alkanes of at least 4 members (excludes halogenated alkanes) is 8. The molecule has 0 radical (unpaired) electrons. The van der Waals surface area contributed by atoms with E-state index in [-0.39, 0.29) is 19.7 Å². The summed E-state index contributed by atoms with van der Waals surface area (Å²) in [6, 6.07) is 13.9. The molecule has 2 heterocycles. The fourth-order valence-electron chi connectivity index (χ4n) is 6.65. The zero-order valence-corrected chi connectivity index (χ0v) is 23.1. The molecule has 198 valence electrons. The first-order valence-corrected chi connectivity index (χ1v) is 15.0. The van der Waals surface area contributed by atoms with Gasteiger partial charge in [-0.3, -0.25) is 0 Å². The van der Waals surface area contributed by atoms with Crippen molar-refractivity contribution in [2.24, 2.45) is 0 Å². The van der Waals surface area contributed by atoms with E-state index in [1.54, 1.807) is 0 Å². The molecule has 2 saturated heterocycles. The van der Waals surface area contributed by atoms with E-state index < -0.39 is 0 Å². The minimum atomic E-state index is -0.239. The Labute approximate surface area is 225 Å². The van der Waals surface area contributed by atoms with Gasteiger partial charge >= 0.3 is 14.2 Å². The van der Waals surface area contributed by atoms with Crippen LogP contribution in [0, 0.1) is 0 Å². The van der Waals surface area contributed by atoms with Gasteiger partial charge in [-0.2, -0.15) is 0 Å². The highest BCUT2D eigenvalue weighted by Gasteiger charge is 2.44. The predicted octanol–water partition coefficient (Wildman–Crippen LogP) is 6.16. The molecule has 0 unspecified atom stereocenters. The van der Waals surface area contributed by atoms with Gasteiger partial charge in [0.05, 0.1) is 26.4 Å². The summed E-state index contributed by atoms with van der Waals surface area (Å²) in [6.07, 6.45) is 15.4. The van der Waals surface area contributed by atoms with Gasteiger partial charge in [0.25, 0.3) is 0 Å². The Morgan fingerprint density at radius 2 is 0.973 bits per heavy atom. The third kappa shape index (κ3) is 5.88. The summed E-state index contributed by atoms with van der Waals surface area (Å²) >= 11 is 0. The third-order valence-electron chi connectivity index (χ3n) is 8.61. The second-order valence-corrected chi connectivity index (χ2v) is 11.2. The van der Waals surface area contributed by atoms with Gasteiger partial charge in [-0.15, -0.1) is 0 Å². The first-order chi connectivity index (χ1) is 18.3. The number of hydrogen-bond donors (Lipinski definition) is 0. The van der Waals surface area contributed by atoms with Crippen LogP contribution in [-0.2, 0) is 24.0 Å². The summed E-state index contributed by atoms with van der Waals surface area (Å²) in [5.74, 6) is 0. The van der Waals surface area contributed by atoms with Crippen LogP contribution in [0.1, 0.15) is 102 Å². The minimum absolute atomic E-state index is 0.0202. The molecule has 0 N–H and O–H groups in total. The van der Waals surface area contributed by atoms with Crippen LogP contribution >= 0.6 is 0 Å². The van der Waals surface area contributed by atoms with E-state index in [9.17, 15) is 0 Å². The standard InChI is InChI=1S/C31H44B2O4/c1-3-5-7-9-11-17-31(18-12-10-8-6-4-2)29-23-25(32-34-19-20-35-32)13-15-27(29)28-16-14-26(24-30(28)31)33-36-21-22-37-33/h13-16,23-24H,3-12,17-22H2,1-2H3. The molecule has 0 spiro atoms. The predicted molar refractivity (Wildman–Crippen MR) is 154 cm³/mol. The van der Waals surface area contributed by atoms with Crippen LogP contribution in [0.4, 0.5) is 0 Å². The molecule has 0 bridgehead atoms. The summed E-state index contributed by atoms with van der Waals surface area (Å²) in [7, 11) is -0.478. The molecule has 2 aromatic carbocycles. The lowest BCUT2D eigenvalue weighted by Crippen LogP contribution is -2.35. The summed E-state index contributed by atoms with van der Waals surface area (Å²) in [5, 5.41) is 0. The van der Waals surface area contributed by atoms with Gasteiger partial charge in [-0.25, -0.2) is 0 Å². The van der Waals surface area contributed by atoms with E-state index in [4.69, 9.17) is 18.6 Å². The Morgan fingerprint density at radius 3 is 1.38 bits per heavy atom. The number of rotatable bonds is 14. The van der Waals surface area contributed by atoms with Crippen LogP contribution in [0.15, 0.2) is 36.4 Å². The smallest absolute Gasteiger partial charge is 0.405 e. The van der Waals surface area contributed by atoms with Crippen molar-refractivity contribution in [2.45, 2.75) is 96.3 Å². The molecule has 0 amide bonds. The molecule has 2 aromatic rings. The average molecular weight is 502 g/mol. The molecule has 6 heteroatoms. The van der Waals surface area contributed by atoms with Gasteiger partial charge in [-0.1, -0.05) is 114 Å². The lowest BCUT2D eigenvalue weighted by atomic mass is 9.67. The highest BCUT2D eigenvalue weighted by molar-refractivity contribution is 6.62. The Bertz CT molecular complexity index is 933. The Hall–Kier alpha value is -1.59. The first-order valence-electron chi connectivity index (χ1n) is 15.0. The van der Waals surface area contributed by atoms with Crippen LogP contribution in [-0.4, -0.2) is 40.7 Å². The maximum Gasteiger partial charge on any atom is 0.494 e. The van der Waals surface area contributed by atoms with Crippen molar-refractivity contribution in [1.82, 2.24) is 0 Å². The second kappa shape index (κ2) is 13.0. The highest BCUT2D eigenvalue weighted by atomic mass is 16.6. The largest absolute Gasteiger partial charge is 0.494 e. The quantitative estimate of drug-likeness (QED) is 0.229. The number of hydrogen-bond acceptors (Lipinski definition) is 4. The van der Waals surface area contributed by atoms with Gasteiger partial charge in [0.1, 0.15) is 0 Å². The summed E-state index contributed by atoms with van der Waals surface area (Å²) in [4.78, 5) is 0. The van der Waals surface area contributed by atoms with Crippen LogP contribution in [0.5, 0.6) is 0 Å². The Morgan fingerprint density at radius 1 is 0.568 bits per heavy atom. The Balaban J connectivity index is 1.53. The van der Waals surface area contributed by atoms with Crippen molar-refractivity contribution in [1.29, 1.82) is 0 Å². The summed E-state index contributed by atoms with van der Waals surface area (Å²) < 4.78 is 23.7. The monoisotopic (exact) mass is 502 g/mol. The first kappa shape index (κ1) is 27.0. The molecule has 1 aliphatic carbocycles. The highest BCUT2D eigenvalue weighted by Crippen LogP contribution is 2.53. The lowest BCUT2D eigenvalue weighted by molar-refractivity contribution is 0.365. The number of fused-ring (bicyclic) bond motifs is 3. The van der Waals surface area contributed by atoms with Gasteiger partial charge in [0.2, 0.25) is 0 Å². The molecular formula is C31H44B2O4. The zero-order valence-electron chi connectivity index (χ0n) is 23.1. The zero-order chi connectivity index (χ0) is 25.5. The van der Waals surface area contributed by atoms with Gasteiger partial charge in [0, 0.05) is 5.41 Å². The molecule has 3 aliphatic rings. The van der Waals surface area contributed by atoms with E-state index >= 15 is 0 Å². The SMILES string of the molecule is CCCCCCCC1(CCCCCCC)c2cc(B3OCCO3)ccc2-c2ccc(B3OCCO3)cc21. The van der Waals surface area contributed by atoms with E-state index in [1.807, 2.05) is 0 Å². The van der Waals surface area contributed by atoms with Crippen molar-refractivity contribution in [2.75, 3.05) is 26.4 Å². The molecule has 2 fully saturated rings. The summed E-state index contributed by atoms with van der Waals surface area (Å²) in [5.41, 5.74) is 8.08. The van der Waals surface area contributed by atoms with Gasteiger partial charge < -0.3 is 18.6 Å². The van der Waals surface area contributed by atoms with Crippen molar-refractivity contribution >= 4 is 25.2 Å². The van der Waals surface area contributed by atoms with E-state index in [2.05, 4.69) is 50.2 Å². The molecule has 0 aromatic heterocycles. The minimum Gasteiger partial charge on any atom is -0.405 e. The Kier molecular flexibility index (Phi) is 9.47. The van der Waals surface area contributed by atoms with Crippen molar-refractivity contribution in [3.63, 3.8) is 0 Å². The van der Waals surface area contributed by atoms with E-state index in [0.29, 0.717) is 26.4 Å². The van der Waals surface area contributed by atoms with Crippen molar-refractivity contribution < 1.29 is 18.6 Å². The fraction of sp³-hybridized carbons (Fsp3) is 0.613.